The Morgan fingerprint density at radius 1 is 1.00 bits per heavy atom. The lowest BCUT2D eigenvalue weighted by Crippen LogP contribution is -2.43. The van der Waals surface area contributed by atoms with Crippen molar-refractivity contribution < 1.29 is 9.53 Å². The summed E-state index contributed by atoms with van der Waals surface area (Å²) in [5.41, 5.74) is 3.75. The van der Waals surface area contributed by atoms with Gasteiger partial charge in [-0.05, 0) is 63.4 Å². The topological polar surface area (TPSA) is 74.2 Å². The van der Waals surface area contributed by atoms with E-state index < -0.39 is 17.2 Å². The number of benzene rings is 2. The normalized spacial score (nSPS) is 11.6. The summed E-state index contributed by atoms with van der Waals surface area (Å²) >= 11 is 0. The van der Waals surface area contributed by atoms with Crippen LogP contribution in [0.3, 0.4) is 0 Å². The van der Waals surface area contributed by atoms with Gasteiger partial charge in [-0.1, -0.05) is 30.3 Å². The number of carbonyl (C=O) groups is 1. The zero-order chi connectivity index (χ0) is 20.2. The van der Waals surface area contributed by atoms with E-state index in [2.05, 4.69) is 10.6 Å². The Morgan fingerprint density at radius 3 is 2.11 bits per heavy atom. The van der Waals surface area contributed by atoms with E-state index >= 15 is 0 Å². The molecule has 0 bridgehead atoms. The third-order valence-electron chi connectivity index (χ3n) is 4.23. The summed E-state index contributed by atoms with van der Waals surface area (Å²) in [6.07, 6.45) is 0.909. The molecule has 5 heteroatoms. The Hall–Kier alpha value is -2.82. The van der Waals surface area contributed by atoms with Crippen LogP contribution in [0, 0.1) is 5.41 Å². The van der Waals surface area contributed by atoms with Gasteiger partial charge in [-0.25, -0.2) is 4.79 Å². The maximum Gasteiger partial charge on any atom is 0.408 e. The minimum atomic E-state index is -0.559. The lowest BCUT2D eigenvalue weighted by Gasteiger charge is -2.29. The van der Waals surface area contributed by atoms with Crippen molar-refractivity contribution in [1.82, 2.24) is 5.32 Å². The molecule has 144 valence electrons. The van der Waals surface area contributed by atoms with Crippen LogP contribution in [0.2, 0.25) is 0 Å². The van der Waals surface area contributed by atoms with Crippen molar-refractivity contribution in [2.45, 2.75) is 45.8 Å². The standard InChI is InChI=1S/C22H29N3O2/c1-21(2,3)27-20(26)25-22(4,5)18-10-7-15(8-11-18)16-9-12-19(24-6)17(13-16)14-23/h7-14,23-24H,1-6H3,(H,25,26). The van der Waals surface area contributed by atoms with Crippen LogP contribution < -0.4 is 10.6 Å². The summed E-state index contributed by atoms with van der Waals surface area (Å²) < 4.78 is 5.36. The summed E-state index contributed by atoms with van der Waals surface area (Å²) in [6.45, 7) is 9.42. The van der Waals surface area contributed by atoms with Crippen molar-refractivity contribution in [3.8, 4) is 11.1 Å². The van der Waals surface area contributed by atoms with Crippen LogP contribution in [0.15, 0.2) is 42.5 Å². The van der Waals surface area contributed by atoms with Gasteiger partial charge >= 0.3 is 6.09 Å². The van der Waals surface area contributed by atoms with Crippen molar-refractivity contribution in [3.63, 3.8) is 0 Å². The van der Waals surface area contributed by atoms with E-state index in [-0.39, 0.29) is 0 Å². The molecule has 2 aromatic carbocycles. The fraction of sp³-hybridized carbons (Fsp3) is 0.364. The molecule has 27 heavy (non-hydrogen) atoms. The predicted molar refractivity (Wildman–Crippen MR) is 112 cm³/mol. The summed E-state index contributed by atoms with van der Waals surface area (Å²) in [6, 6.07) is 14.0. The van der Waals surface area contributed by atoms with E-state index in [1.807, 2.05) is 84.1 Å². The Balaban J connectivity index is 2.21. The summed E-state index contributed by atoms with van der Waals surface area (Å²) in [7, 11) is 1.84. The van der Waals surface area contributed by atoms with Crippen LogP contribution in [0.25, 0.3) is 11.1 Å². The van der Waals surface area contributed by atoms with Crippen LogP contribution in [0.5, 0.6) is 0 Å². The number of carbonyl (C=O) groups excluding carboxylic acids is 1. The molecule has 0 aliphatic carbocycles. The molecule has 0 unspecified atom stereocenters. The van der Waals surface area contributed by atoms with Crippen LogP contribution >= 0.6 is 0 Å². The molecule has 0 atom stereocenters. The van der Waals surface area contributed by atoms with Gasteiger partial charge in [-0.2, -0.15) is 0 Å². The second kappa shape index (κ2) is 7.82. The number of rotatable bonds is 5. The van der Waals surface area contributed by atoms with E-state index in [4.69, 9.17) is 10.1 Å². The molecule has 0 aromatic heterocycles. The molecule has 5 nitrogen and oxygen atoms in total. The first-order valence-electron chi connectivity index (χ1n) is 9.00. The first-order valence-corrected chi connectivity index (χ1v) is 9.00. The molecule has 0 spiro atoms. The average Bonchev–Trinajstić information content (AvgIpc) is 2.59. The zero-order valence-electron chi connectivity index (χ0n) is 16.9. The molecule has 0 saturated heterocycles. The number of nitrogens with one attached hydrogen (secondary N) is 3. The molecule has 1 amide bonds. The predicted octanol–water partition coefficient (Wildman–Crippen LogP) is 5.15. The molecule has 0 fully saturated rings. The van der Waals surface area contributed by atoms with Gasteiger partial charge < -0.3 is 20.8 Å². The molecule has 0 saturated carbocycles. The molecule has 2 rings (SSSR count). The van der Waals surface area contributed by atoms with E-state index in [1.54, 1.807) is 0 Å². The number of hydrogen-bond acceptors (Lipinski definition) is 4. The van der Waals surface area contributed by atoms with Crippen molar-refractivity contribution in [2.75, 3.05) is 12.4 Å². The SMILES string of the molecule is CNc1ccc(-c2ccc(C(C)(C)NC(=O)OC(C)(C)C)cc2)cc1C=N. The fourth-order valence-corrected chi connectivity index (χ4v) is 2.80. The first-order chi connectivity index (χ1) is 12.6. The lowest BCUT2D eigenvalue weighted by atomic mass is 9.92. The second-order valence-electron chi connectivity index (χ2n) is 8.03. The van der Waals surface area contributed by atoms with Crippen LogP contribution in [-0.2, 0) is 10.3 Å². The molecule has 0 heterocycles. The Labute approximate surface area is 161 Å². The second-order valence-corrected chi connectivity index (χ2v) is 8.03. The van der Waals surface area contributed by atoms with Gasteiger partial charge in [0.15, 0.2) is 0 Å². The Bertz CT molecular complexity index is 818. The minimum Gasteiger partial charge on any atom is -0.444 e. The van der Waals surface area contributed by atoms with Gasteiger partial charge in [-0.15, -0.1) is 0 Å². The van der Waals surface area contributed by atoms with Crippen LogP contribution in [-0.4, -0.2) is 25.0 Å². The third kappa shape index (κ3) is 5.33. The van der Waals surface area contributed by atoms with Gasteiger partial charge in [0.1, 0.15) is 5.60 Å². The van der Waals surface area contributed by atoms with E-state index in [0.717, 1.165) is 27.9 Å². The number of hydrogen-bond donors (Lipinski definition) is 3. The quantitative estimate of drug-likeness (QED) is 0.640. The van der Waals surface area contributed by atoms with Crippen molar-refractivity contribution >= 4 is 18.0 Å². The number of alkyl carbamates (subject to hydrolysis) is 1. The number of amides is 1. The maximum absolute atomic E-state index is 12.1. The molecule has 0 radical (unpaired) electrons. The largest absolute Gasteiger partial charge is 0.444 e. The zero-order valence-corrected chi connectivity index (χ0v) is 16.9. The van der Waals surface area contributed by atoms with Gasteiger partial charge in [0.05, 0.1) is 5.54 Å². The highest BCUT2D eigenvalue weighted by Crippen LogP contribution is 2.27. The molecule has 0 aliphatic heterocycles. The van der Waals surface area contributed by atoms with Crippen molar-refractivity contribution in [3.05, 3.63) is 53.6 Å². The lowest BCUT2D eigenvalue weighted by molar-refractivity contribution is 0.0470. The smallest absolute Gasteiger partial charge is 0.408 e. The highest BCUT2D eigenvalue weighted by molar-refractivity contribution is 5.88. The highest BCUT2D eigenvalue weighted by atomic mass is 16.6. The highest BCUT2D eigenvalue weighted by Gasteiger charge is 2.26. The van der Waals surface area contributed by atoms with Gasteiger partial charge in [0, 0.05) is 24.5 Å². The molecular weight excluding hydrogens is 338 g/mol. The Morgan fingerprint density at radius 2 is 1.59 bits per heavy atom. The van der Waals surface area contributed by atoms with E-state index in [9.17, 15) is 4.79 Å². The van der Waals surface area contributed by atoms with E-state index in [0.29, 0.717) is 0 Å². The maximum atomic E-state index is 12.1. The summed E-state index contributed by atoms with van der Waals surface area (Å²) in [5, 5.41) is 13.6. The summed E-state index contributed by atoms with van der Waals surface area (Å²) in [5.74, 6) is 0. The van der Waals surface area contributed by atoms with Crippen LogP contribution in [0.4, 0.5) is 10.5 Å². The molecule has 2 aromatic rings. The minimum absolute atomic E-state index is 0.435. The molecule has 3 N–H and O–H groups in total. The number of ether oxygens (including phenoxy) is 1. The van der Waals surface area contributed by atoms with Crippen LogP contribution in [0.1, 0.15) is 45.7 Å². The van der Waals surface area contributed by atoms with Gasteiger partial charge in [0.25, 0.3) is 0 Å². The van der Waals surface area contributed by atoms with Gasteiger partial charge in [-0.3, -0.25) is 0 Å². The molecular formula is C22H29N3O2. The van der Waals surface area contributed by atoms with Gasteiger partial charge in [0.2, 0.25) is 0 Å². The van der Waals surface area contributed by atoms with Crippen molar-refractivity contribution in [1.29, 1.82) is 5.41 Å². The summed E-state index contributed by atoms with van der Waals surface area (Å²) in [4.78, 5) is 12.1. The fourth-order valence-electron chi connectivity index (χ4n) is 2.80. The number of anilines is 1. The Kier molecular flexibility index (Phi) is 5.94. The molecule has 0 aliphatic rings. The average molecular weight is 367 g/mol. The third-order valence-corrected chi connectivity index (χ3v) is 4.23. The monoisotopic (exact) mass is 367 g/mol. The van der Waals surface area contributed by atoms with E-state index in [1.165, 1.54) is 6.21 Å². The van der Waals surface area contributed by atoms with Crippen molar-refractivity contribution in [2.24, 2.45) is 0 Å². The first kappa shape index (κ1) is 20.5.